The third-order valence-corrected chi connectivity index (χ3v) is 3.47. The Bertz CT molecular complexity index is 627. The average molecular weight is 349 g/mol. The van der Waals surface area contributed by atoms with Gasteiger partial charge in [0.15, 0.2) is 0 Å². The molecule has 5 heteroatoms. The van der Waals surface area contributed by atoms with Gasteiger partial charge in [0.1, 0.15) is 5.75 Å². The van der Waals surface area contributed by atoms with Crippen molar-refractivity contribution in [3.05, 3.63) is 58.1 Å². The van der Waals surface area contributed by atoms with Crippen molar-refractivity contribution in [3.63, 3.8) is 0 Å². The van der Waals surface area contributed by atoms with Crippen LogP contribution in [0.1, 0.15) is 15.9 Å². The number of anilines is 1. The van der Waals surface area contributed by atoms with Crippen molar-refractivity contribution in [1.82, 2.24) is 0 Å². The number of carbonyl (C=O) groups is 1. The Hall–Kier alpha value is -1.85. The highest BCUT2D eigenvalue weighted by Crippen LogP contribution is 2.24. The van der Waals surface area contributed by atoms with Crippen molar-refractivity contribution in [3.8, 4) is 5.75 Å². The molecule has 0 aliphatic rings. The van der Waals surface area contributed by atoms with Crippen LogP contribution in [0.5, 0.6) is 5.75 Å². The molecule has 0 spiro atoms. The molecule has 0 aliphatic heterocycles. The largest absolute Gasteiger partial charge is 0.497 e. The van der Waals surface area contributed by atoms with E-state index in [1.54, 1.807) is 25.3 Å². The minimum absolute atomic E-state index is 0.158. The molecule has 0 saturated heterocycles. The summed E-state index contributed by atoms with van der Waals surface area (Å²) in [4.78, 5) is 12.2. The van der Waals surface area contributed by atoms with Gasteiger partial charge in [0.25, 0.3) is 5.91 Å². The molecule has 2 aromatic carbocycles. The van der Waals surface area contributed by atoms with Gasteiger partial charge in [-0.3, -0.25) is 4.79 Å². The van der Waals surface area contributed by atoms with E-state index in [-0.39, 0.29) is 5.91 Å². The maximum absolute atomic E-state index is 12.2. The van der Waals surface area contributed by atoms with E-state index < -0.39 is 0 Å². The molecule has 0 bridgehead atoms. The topological polar surface area (TPSA) is 64.3 Å². The quantitative estimate of drug-likeness (QED) is 0.871. The van der Waals surface area contributed by atoms with Crippen molar-refractivity contribution in [2.45, 2.75) is 6.42 Å². The molecule has 2 aromatic rings. The van der Waals surface area contributed by atoms with Crippen LogP contribution >= 0.6 is 15.9 Å². The van der Waals surface area contributed by atoms with E-state index in [9.17, 15) is 4.79 Å². The van der Waals surface area contributed by atoms with Gasteiger partial charge in [-0.25, -0.2) is 0 Å². The first kappa shape index (κ1) is 15.5. The van der Waals surface area contributed by atoms with E-state index in [4.69, 9.17) is 10.5 Å². The lowest BCUT2D eigenvalue weighted by Crippen LogP contribution is -2.12. The van der Waals surface area contributed by atoms with Crippen molar-refractivity contribution < 1.29 is 9.53 Å². The van der Waals surface area contributed by atoms with Crippen molar-refractivity contribution in [2.75, 3.05) is 19.0 Å². The number of methoxy groups -OCH3 is 1. The molecule has 0 aliphatic carbocycles. The zero-order valence-electron chi connectivity index (χ0n) is 11.7. The van der Waals surface area contributed by atoms with Gasteiger partial charge in [-0.2, -0.15) is 0 Å². The number of amides is 1. The predicted octanol–water partition coefficient (Wildman–Crippen LogP) is 3.21. The van der Waals surface area contributed by atoms with Gasteiger partial charge in [-0.1, -0.05) is 28.1 Å². The second kappa shape index (κ2) is 7.24. The van der Waals surface area contributed by atoms with E-state index in [0.717, 1.165) is 16.5 Å². The number of nitrogens with one attached hydrogen (secondary N) is 1. The molecule has 0 radical (unpaired) electrons. The summed E-state index contributed by atoms with van der Waals surface area (Å²) in [7, 11) is 1.59. The fourth-order valence-corrected chi connectivity index (χ4v) is 2.42. The van der Waals surface area contributed by atoms with Gasteiger partial charge >= 0.3 is 0 Å². The summed E-state index contributed by atoms with van der Waals surface area (Å²) in [5.74, 6) is 0.521. The molecule has 0 saturated carbocycles. The molecule has 2 rings (SSSR count). The number of halogens is 1. The monoisotopic (exact) mass is 348 g/mol. The fourth-order valence-electron chi connectivity index (χ4n) is 1.95. The van der Waals surface area contributed by atoms with Crippen LogP contribution in [0.4, 0.5) is 5.69 Å². The van der Waals surface area contributed by atoms with Gasteiger partial charge in [0.05, 0.1) is 7.11 Å². The number of hydrogen-bond donors (Lipinski definition) is 2. The number of benzene rings is 2. The van der Waals surface area contributed by atoms with Crippen LogP contribution in [0.15, 0.2) is 46.9 Å². The van der Waals surface area contributed by atoms with E-state index in [1.807, 2.05) is 24.3 Å². The van der Waals surface area contributed by atoms with Crippen molar-refractivity contribution in [2.24, 2.45) is 5.73 Å². The van der Waals surface area contributed by atoms with E-state index in [1.165, 1.54) is 0 Å². The van der Waals surface area contributed by atoms with E-state index in [0.29, 0.717) is 23.5 Å². The summed E-state index contributed by atoms with van der Waals surface area (Å²) >= 11 is 3.38. The lowest BCUT2D eigenvalue weighted by Gasteiger charge is -2.08. The Morgan fingerprint density at radius 3 is 2.57 bits per heavy atom. The molecule has 0 atom stereocenters. The smallest absolute Gasteiger partial charge is 0.255 e. The highest BCUT2D eigenvalue weighted by atomic mass is 79.9. The predicted molar refractivity (Wildman–Crippen MR) is 87.8 cm³/mol. The Morgan fingerprint density at radius 1 is 1.24 bits per heavy atom. The summed E-state index contributed by atoms with van der Waals surface area (Å²) in [5.41, 5.74) is 7.91. The SMILES string of the molecule is COc1cc(Br)cc(NC(=O)c2ccc(CCN)cc2)c1. The number of hydrogen-bond acceptors (Lipinski definition) is 3. The zero-order chi connectivity index (χ0) is 15.2. The van der Waals surface area contributed by atoms with Crippen LogP contribution in [-0.2, 0) is 6.42 Å². The minimum atomic E-state index is -0.158. The van der Waals surface area contributed by atoms with Gasteiger partial charge in [-0.15, -0.1) is 0 Å². The van der Waals surface area contributed by atoms with Crippen LogP contribution in [0.2, 0.25) is 0 Å². The third kappa shape index (κ3) is 4.31. The molecule has 4 nitrogen and oxygen atoms in total. The van der Waals surface area contributed by atoms with Gasteiger partial charge < -0.3 is 15.8 Å². The zero-order valence-corrected chi connectivity index (χ0v) is 13.3. The molecular weight excluding hydrogens is 332 g/mol. The Kier molecular flexibility index (Phi) is 5.36. The molecule has 0 heterocycles. The maximum Gasteiger partial charge on any atom is 0.255 e. The molecule has 1 amide bonds. The first-order valence-electron chi connectivity index (χ1n) is 6.57. The number of rotatable bonds is 5. The number of nitrogens with two attached hydrogens (primary N) is 1. The van der Waals surface area contributed by atoms with Crippen molar-refractivity contribution >= 4 is 27.5 Å². The molecule has 21 heavy (non-hydrogen) atoms. The fraction of sp³-hybridized carbons (Fsp3) is 0.188. The van der Waals surface area contributed by atoms with Gasteiger partial charge in [0.2, 0.25) is 0 Å². The standard InChI is InChI=1S/C16H17BrN2O2/c1-21-15-9-13(17)8-14(10-15)19-16(20)12-4-2-11(3-5-12)6-7-18/h2-5,8-10H,6-7,18H2,1H3,(H,19,20). The second-order valence-electron chi connectivity index (χ2n) is 4.57. The molecule has 0 fully saturated rings. The molecule has 110 valence electrons. The lowest BCUT2D eigenvalue weighted by atomic mass is 10.1. The Labute approximate surface area is 132 Å². The summed E-state index contributed by atoms with van der Waals surface area (Å²) in [6, 6.07) is 12.9. The first-order valence-corrected chi connectivity index (χ1v) is 7.36. The highest BCUT2D eigenvalue weighted by Gasteiger charge is 2.07. The normalized spacial score (nSPS) is 10.2. The van der Waals surface area contributed by atoms with Crippen LogP contribution in [0.3, 0.4) is 0 Å². The summed E-state index contributed by atoms with van der Waals surface area (Å²) in [5, 5.41) is 2.85. The van der Waals surface area contributed by atoms with Crippen molar-refractivity contribution in [1.29, 1.82) is 0 Å². The van der Waals surface area contributed by atoms with Crippen LogP contribution in [0, 0.1) is 0 Å². The summed E-state index contributed by atoms with van der Waals surface area (Å²) in [6.07, 6.45) is 0.810. The van der Waals surface area contributed by atoms with Crippen LogP contribution in [0.25, 0.3) is 0 Å². The lowest BCUT2D eigenvalue weighted by molar-refractivity contribution is 0.102. The average Bonchev–Trinajstić information content (AvgIpc) is 2.47. The molecule has 0 aromatic heterocycles. The second-order valence-corrected chi connectivity index (χ2v) is 5.49. The first-order chi connectivity index (χ1) is 10.1. The summed E-state index contributed by atoms with van der Waals surface area (Å²) < 4.78 is 6.02. The minimum Gasteiger partial charge on any atom is -0.497 e. The van der Waals surface area contributed by atoms with E-state index in [2.05, 4.69) is 21.2 Å². The van der Waals surface area contributed by atoms with Crippen LogP contribution < -0.4 is 15.8 Å². The van der Waals surface area contributed by atoms with Crippen LogP contribution in [-0.4, -0.2) is 19.6 Å². The summed E-state index contributed by atoms with van der Waals surface area (Å²) in [6.45, 7) is 0.601. The van der Waals surface area contributed by atoms with Gasteiger partial charge in [-0.05, 0) is 42.8 Å². The molecular formula is C16H17BrN2O2. The number of ether oxygens (including phenoxy) is 1. The van der Waals surface area contributed by atoms with Gasteiger partial charge in [0, 0.05) is 21.8 Å². The molecule has 0 unspecified atom stereocenters. The maximum atomic E-state index is 12.2. The Balaban J connectivity index is 2.12. The van der Waals surface area contributed by atoms with E-state index >= 15 is 0 Å². The third-order valence-electron chi connectivity index (χ3n) is 3.01. The number of carbonyl (C=O) groups excluding carboxylic acids is 1. The highest BCUT2D eigenvalue weighted by molar-refractivity contribution is 9.10. The Morgan fingerprint density at radius 2 is 1.95 bits per heavy atom. The molecule has 3 N–H and O–H groups in total.